The molecule has 0 heterocycles. The van der Waals surface area contributed by atoms with E-state index in [1.54, 1.807) is 6.92 Å². The van der Waals surface area contributed by atoms with Gasteiger partial charge in [0.1, 0.15) is 0 Å². The Morgan fingerprint density at radius 1 is 1.40 bits per heavy atom. The van der Waals surface area contributed by atoms with Crippen LogP contribution in [0.15, 0.2) is 0 Å². The van der Waals surface area contributed by atoms with Crippen molar-refractivity contribution in [2.45, 2.75) is 75.5 Å². The average Bonchev–Trinajstić information content (AvgIpc) is 2.29. The monoisotopic (exact) mass is 290 g/mol. The van der Waals surface area contributed by atoms with E-state index in [0.29, 0.717) is 32.1 Å². The minimum Gasteiger partial charge on any atom is -0.390 e. The molecule has 0 aliphatic heterocycles. The summed E-state index contributed by atoms with van der Waals surface area (Å²) >= 11 is 0. The fourth-order valence-corrected chi connectivity index (χ4v) is 3.21. The third-order valence-corrected chi connectivity index (χ3v) is 4.48. The van der Waals surface area contributed by atoms with Gasteiger partial charge in [-0.3, -0.25) is 4.79 Å². The zero-order valence-electron chi connectivity index (χ0n) is 11.9. The van der Waals surface area contributed by atoms with Gasteiger partial charge in [-0.25, -0.2) is 8.78 Å². The van der Waals surface area contributed by atoms with E-state index < -0.39 is 17.6 Å². The number of nitrogens with one attached hydrogen (secondary N) is 1. The van der Waals surface area contributed by atoms with Gasteiger partial charge in [-0.2, -0.15) is 0 Å². The van der Waals surface area contributed by atoms with Crippen LogP contribution in [0.1, 0.15) is 51.9 Å². The lowest BCUT2D eigenvalue weighted by molar-refractivity contribution is -0.126. The van der Waals surface area contributed by atoms with Crippen LogP contribution in [0.25, 0.3) is 0 Å². The molecule has 20 heavy (non-hydrogen) atoms. The van der Waals surface area contributed by atoms with Crippen molar-refractivity contribution in [2.24, 2.45) is 11.7 Å². The summed E-state index contributed by atoms with van der Waals surface area (Å²) in [4.78, 5) is 11.9. The molecule has 0 aromatic heterocycles. The Morgan fingerprint density at radius 3 is 2.45 bits per heavy atom. The summed E-state index contributed by atoms with van der Waals surface area (Å²) in [5, 5.41) is 12.4. The van der Waals surface area contributed by atoms with Gasteiger partial charge in [-0.1, -0.05) is 0 Å². The maximum absolute atomic E-state index is 13.0. The summed E-state index contributed by atoms with van der Waals surface area (Å²) in [6, 6.07) is -0.656. The molecule has 4 nitrogen and oxygen atoms in total. The molecule has 116 valence electrons. The maximum atomic E-state index is 13.0. The van der Waals surface area contributed by atoms with Crippen LogP contribution in [0, 0.1) is 5.92 Å². The van der Waals surface area contributed by atoms with Crippen LogP contribution in [-0.4, -0.2) is 34.6 Å². The molecule has 0 saturated heterocycles. The Hall–Kier alpha value is -0.750. The highest BCUT2D eigenvalue weighted by atomic mass is 19.3. The molecule has 1 atom stereocenters. The fourth-order valence-electron chi connectivity index (χ4n) is 3.21. The van der Waals surface area contributed by atoms with Crippen LogP contribution in [0.3, 0.4) is 0 Å². The SMILES string of the molecule is CC1(O)CC(NC(=O)[C@@H](N)CC2CCC(F)(F)CC2)C1. The third-order valence-electron chi connectivity index (χ3n) is 4.48. The quantitative estimate of drug-likeness (QED) is 0.735. The van der Waals surface area contributed by atoms with Gasteiger partial charge in [0.25, 0.3) is 0 Å². The first-order valence-electron chi connectivity index (χ1n) is 7.33. The van der Waals surface area contributed by atoms with E-state index in [1.807, 2.05) is 0 Å². The van der Waals surface area contributed by atoms with E-state index in [0.717, 1.165) is 0 Å². The Bertz CT molecular complexity index is 356. The molecule has 0 aromatic carbocycles. The lowest BCUT2D eigenvalue weighted by Gasteiger charge is -2.41. The second kappa shape index (κ2) is 5.56. The van der Waals surface area contributed by atoms with E-state index in [2.05, 4.69) is 5.32 Å². The topological polar surface area (TPSA) is 75.3 Å². The lowest BCUT2D eigenvalue weighted by atomic mass is 9.77. The Kier molecular flexibility index (Phi) is 4.35. The predicted molar refractivity (Wildman–Crippen MR) is 71.3 cm³/mol. The Labute approximate surface area is 118 Å². The molecule has 0 radical (unpaired) electrons. The predicted octanol–water partition coefficient (Wildman–Crippen LogP) is 1.56. The average molecular weight is 290 g/mol. The largest absolute Gasteiger partial charge is 0.390 e. The first-order valence-corrected chi connectivity index (χ1v) is 7.33. The molecule has 0 bridgehead atoms. The summed E-state index contributed by atoms with van der Waals surface area (Å²) in [5.74, 6) is -2.66. The molecule has 2 saturated carbocycles. The van der Waals surface area contributed by atoms with Gasteiger partial charge in [0.05, 0.1) is 11.6 Å². The van der Waals surface area contributed by atoms with Gasteiger partial charge in [0, 0.05) is 18.9 Å². The molecule has 0 aromatic rings. The highest BCUT2D eigenvalue weighted by Gasteiger charge is 2.40. The highest BCUT2D eigenvalue weighted by Crippen LogP contribution is 2.37. The highest BCUT2D eigenvalue weighted by molar-refractivity contribution is 5.81. The molecule has 6 heteroatoms. The Balaban J connectivity index is 1.69. The van der Waals surface area contributed by atoms with Crippen LogP contribution in [-0.2, 0) is 4.79 Å². The molecule has 2 rings (SSSR count). The van der Waals surface area contributed by atoms with Gasteiger partial charge in [0.2, 0.25) is 11.8 Å². The van der Waals surface area contributed by atoms with Gasteiger partial charge < -0.3 is 16.2 Å². The number of amides is 1. The molecule has 2 aliphatic carbocycles. The van der Waals surface area contributed by atoms with Gasteiger partial charge in [-0.05, 0) is 44.9 Å². The molecule has 1 amide bonds. The van der Waals surface area contributed by atoms with Crippen molar-refractivity contribution in [2.75, 3.05) is 0 Å². The maximum Gasteiger partial charge on any atom is 0.248 e. The first-order chi connectivity index (χ1) is 9.17. The number of hydrogen-bond acceptors (Lipinski definition) is 3. The summed E-state index contributed by atoms with van der Waals surface area (Å²) < 4.78 is 26.1. The van der Waals surface area contributed by atoms with Gasteiger partial charge in [-0.15, -0.1) is 0 Å². The molecule has 2 aliphatic rings. The lowest BCUT2D eigenvalue weighted by Crippen LogP contribution is -2.56. The normalized spacial score (nSPS) is 35.1. The van der Waals surface area contributed by atoms with Crippen molar-refractivity contribution in [3.63, 3.8) is 0 Å². The van der Waals surface area contributed by atoms with Crippen LogP contribution in [0.2, 0.25) is 0 Å². The summed E-state index contributed by atoms with van der Waals surface area (Å²) in [5.41, 5.74) is 5.16. The number of nitrogens with two attached hydrogens (primary N) is 1. The van der Waals surface area contributed by atoms with E-state index in [4.69, 9.17) is 5.73 Å². The van der Waals surface area contributed by atoms with Gasteiger partial charge in [0.15, 0.2) is 0 Å². The number of hydrogen-bond donors (Lipinski definition) is 3. The van der Waals surface area contributed by atoms with Crippen molar-refractivity contribution in [1.29, 1.82) is 0 Å². The van der Waals surface area contributed by atoms with Crippen LogP contribution in [0.5, 0.6) is 0 Å². The summed E-state index contributed by atoms with van der Waals surface area (Å²) in [7, 11) is 0. The number of alkyl halides is 2. The number of halogens is 2. The van der Waals surface area contributed by atoms with Crippen molar-refractivity contribution in [1.82, 2.24) is 5.32 Å². The minimum atomic E-state index is -2.54. The van der Waals surface area contributed by atoms with E-state index in [-0.39, 0.29) is 30.7 Å². The molecule has 4 N–H and O–H groups in total. The van der Waals surface area contributed by atoms with Crippen molar-refractivity contribution in [3.8, 4) is 0 Å². The minimum absolute atomic E-state index is 0.0146. The number of rotatable bonds is 4. The number of carbonyl (C=O) groups excluding carboxylic acids is 1. The second-order valence-corrected chi connectivity index (χ2v) is 6.75. The van der Waals surface area contributed by atoms with Crippen molar-refractivity contribution in [3.05, 3.63) is 0 Å². The molecule has 0 unspecified atom stereocenters. The van der Waals surface area contributed by atoms with Crippen LogP contribution in [0.4, 0.5) is 8.78 Å². The molecule has 2 fully saturated rings. The summed E-state index contributed by atoms with van der Waals surface area (Å²) in [6.45, 7) is 1.73. The van der Waals surface area contributed by atoms with Crippen LogP contribution < -0.4 is 11.1 Å². The second-order valence-electron chi connectivity index (χ2n) is 6.75. The van der Waals surface area contributed by atoms with E-state index in [9.17, 15) is 18.7 Å². The van der Waals surface area contributed by atoms with E-state index in [1.165, 1.54) is 0 Å². The van der Waals surface area contributed by atoms with Crippen molar-refractivity contribution < 1.29 is 18.7 Å². The zero-order valence-corrected chi connectivity index (χ0v) is 11.9. The Morgan fingerprint density at radius 2 is 1.95 bits per heavy atom. The smallest absolute Gasteiger partial charge is 0.248 e. The zero-order chi connectivity index (χ0) is 15.0. The molecular formula is C14H24F2N2O2. The standard InChI is InChI=1S/C14H24F2N2O2/c1-13(20)7-10(8-13)18-12(19)11(17)6-9-2-4-14(15,16)5-3-9/h9-11,20H,2-8,17H2,1H3,(H,18,19)/t10?,11-,13?/m0/s1. The van der Waals surface area contributed by atoms with Gasteiger partial charge >= 0.3 is 0 Å². The summed E-state index contributed by atoms with van der Waals surface area (Å²) in [6.07, 6.45) is 2.22. The molecule has 0 spiro atoms. The fraction of sp³-hybridized carbons (Fsp3) is 0.929. The van der Waals surface area contributed by atoms with Crippen LogP contribution >= 0.6 is 0 Å². The van der Waals surface area contributed by atoms with Crippen molar-refractivity contribution >= 4 is 5.91 Å². The number of carbonyl (C=O) groups is 1. The third kappa shape index (κ3) is 4.12. The molecular weight excluding hydrogens is 266 g/mol. The first kappa shape index (κ1) is 15.6. The van der Waals surface area contributed by atoms with E-state index >= 15 is 0 Å². The number of aliphatic hydroxyl groups is 1.